The Morgan fingerprint density at radius 2 is 2.24 bits per heavy atom. The fourth-order valence-electron chi connectivity index (χ4n) is 3.19. The van der Waals surface area contributed by atoms with Crippen LogP contribution in [0.3, 0.4) is 0 Å². The average molecular weight is 369 g/mol. The van der Waals surface area contributed by atoms with Crippen LogP contribution in [0.25, 0.3) is 0 Å². The summed E-state index contributed by atoms with van der Waals surface area (Å²) in [6.45, 7) is 5.17. The Balaban J connectivity index is 2.15. The summed E-state index contributed by atoms with van der Waals surface area (Å²) in [5.41, 5.74) is 0.551. The highest BCUT2D eigenvalue weighted by Gasteiger charge is 2.25. The molecule has 1 atom stereocenters. The van der Waals surface area contributed by atoms with Gasteiger partial charge in [-0.1, -0.05) is 24.9 Å². The lowest BCUT2D eigenvalue weighted by atomic mass is 9.97. The molecule has 140 valence electrons. The summed E-state index contributed by atoms with van der Waals surface area (Å²) < 4.78 is 11.1. The molecule has 6 heteroatoms. The smallest absolute Gasteiger partial charge is 0.254 e. The molecular formula is C19H29ClN2O3. The molecule has 1 fully saturated rings. The van der Waals surface area contributed by atoms with E-state index in [1.165, 1.54) is 0 Å². The van der Waals surface area contributed by atoms with Crippen molar-refractivity contribution in [1.82, 2.24) is 10.2 Å². The van der Waals surface area contributed by atoms with Gasteiger partial charge in [-0.2, -0.15) is 0 Å². The molecule has 1 heterocycles. The summed E-state index contributed by atoms with van der Waals surface area (Å²) >= 11 is 6.37. The average Bonchev–Trinajstić information content (AvgIpc) is 2.62. The molecule has 1 saturated heterocycles. The van der Waals surface area contributed by atoms with E-state index in [0.29, 0.717) is 34.6 Å². The number of piperidine rings is 1. The molecule has 1 unspecified atom stereocenters. The number of nitrogens with one attached hydrogen (secondary N) is 1. The fraction of sp³-hybridized carbons (Fsp3) is 0.632. The third-order valence-electron chi connectivity index (χ3n) is 4.52. The van der Waals surface area contributed by atoms with E-state index in [1.807, 2.05) is 11.9 Å². The summed E-state index contributed by atoms with van der Waals surface area (Å²) in [6.07, 6.45) is 4.17. The van der Waals surface area contributed by atoms with Gasteiger partial charge in [-0.3, -0.25) is 4.79 Å². The number of benzene rings is 1. The zero-order valence-electron chi connectivity index (χ0n) is 15.4. The predicted molar refractivity (Wildman–Crippen MR) is 101 cm³/mol. The molecule has 1 aliphatic heterocycles. The van der Waals surface area contributed by atoms with Crippen molar-refractivity contribution in [1.29, 1.82) is 0 Å². The van der Waals surface area contributed by atoms with Gasteiger partial charge in [0.05, 0.1) is 18.7 Å². The first kappa shape index (κ1) is 19.9. The van der Waals surface area contributed by atoms with E-state index in [1.54, 1.807) is 19.2 Å². The summed E-state index contributed by atoms with van der Waals surface area (Å²) in [7, 11) is 3.51. The molecule has 1 amide bonds. The van der Waals surface area contributed by atoms with E-state index in [0.717, 1.165) is 45.3 Å². The van der Waals surface area contributed by atoms with Gasteiger partial charge in [0.15, 0.2) is 11.5 Å². The van der Waals surface area contributed by atoms with Crippen LogP contribution in [0.1, 0.15) is 43.0 Å². The highest BCUT2D eigenvalue weighted by molar-refractivity contribution is 6.32. The van der Waals surface area contributed by atoms with Crippen LogP contribution < -0.4 is 14.8 Å². The number of ether oxygens (including phenoxy) is 2. The van der Waals surface area contributed by atoms with Gasteiger partial charge in [0.2, 0.25) is 0 Å². The normalized spacial score (nSPS) is 17.4. The maximum absolute atomic E-state index is 12.9. The second-order valence-corrected chi connectivity index (χ2v) is 6.92. The number of hydrogen-bond acceptors (Lipinski definition) is 4. The number of nitrogens with zero attached hydrogens (tertiary/aromatic N) is 1. The standard InChI is InChI=1S/C19H29ClN2O3/c1-4-5-9-25-18-16(20)10-15(11-17(18)24-3)19(23)22-8-6-7-14(13-22)12-21-2/h10-11,14,21H,4-9,12-13H2,1-3H3. The minimum atomic E-state index is 0.00103. The van der Waals surface area contributed by atoms with E-state index >= 15 is 0 Å². The summed E-state index contributed by atoms with van der Waals surface area (Å²) in [6, 6.07) is 3.42. The van der Waals surface area contributed by atoms with E-state index in [2.05, 4.69) is 12.2 Å². The van der Waals surface area contributed by atoms with Gasteiger partial charge >= 0.3 is 0 Å². The third-order valence-corrected chi connectivity index (χ3v) is 4.80. The van der Waals surface area contributed by atoms with E-state index in [9.17, 15) is 4.79 Å². The fourth-order valence-corrected chi connectivity index (χ4v) is 3.45. The maximum Gasteiger partial charge on any atom is 0.254 e. The molecule has 1 aromatic carbocycles. The summed E-state index contributed by atoms with van der Waals surface area (Å²) in [5, 5.41) is 3.62. The Morgan fingerprint density at radius 1 is 1.44 bits per heavy atom. The highest BCUT2D eigenvalue weighted by Crippen LogP contribution is 2.37. The molecule has 0 saturated carbocycles. The van der Waals surface area contributed by atoms with Crippen LogP contribution in [0.4, 0.5) is 0 Å². The molecule has 0 spiro atoms. The lowest BCUT2D eigenvalue weighted by Crippen LogP contribution is -2.42. The van der Waals surface area contributed by atoms with Crippen molar-refractivity contribution >= 4 is 17.5 Å². The number of methoxy groups -OCH3 is 1. The molecule has 1 N–H and O–H groups in total. The van der Waals surface area contributed by atoms with Crippen LogP contribution in [0.5, 0.6) is 11.5 Å². The predicted octanol–water partition coefficient (Wildman–Crippen LogP) is 3.60. The van der Waals surface area contributed by atoms with Crippen LogP contribution in [0, 0.1) is 5.92 Å². The van der Waals surface area contributed by atoms with Crippen LogP contribution in [0.2, 0.25) is 5.02 Å². The first-order chi connectivity index (χ1) is 12.1. The molecule has 0 radical (unpaired) electrons. The minimum absolute atomic E-state index is 0.00103. The van der Waals surface area contributed by atoms with E-state index in [-0.39, 0.29) is 5.91 Å². The zero-order chi connectivity index (χ0) is 18.2. The topological polar surface area (TPSA) is 50.8 Å². The number of unbranched alkanes of at least 4 members (excludes halogenated alkanes) is 1. The minimum Gasteiger partial charge on any atom is -0.493 e. The van der Waals surface area contributed by atoms with Crippen molar-refractivity contribution < 1.29 is 14.3 Å². The molecule has 1 aliphatic rings. The molecule has 0 aliphatic carbocycles. The largest absolute Gasteiger partial charge is 0.493 e. The lowest BCUT2D eigenvalue weighted by Gasteiger charge is -2.33. The number of carbonyl (C=O) groups is 1. The Bertz CT molecular complexity index is 578. The molecular weight excluding hydrogens is 340 g/mol. The Labute approximate surface area is 155 Å². The quantitative estimate of drug-likeness (QED) is 0.712. The van der Waals surface area contributed by atoms with Gasteiger partial charge < -0.3 is 19.7 Å². The summed E-state index contributed by atoms with van der Waals surface area (Å²) in [4.78, 5) is 14.8. The van der Waals surface area contributed by atoms with Gasteiger partial charge in [0.25, 0.3) is 5.91 Å². The molecule has 0 aromatic heterocycles. The van der Waals surface area contributed by atoms with Gasteiger partial charge in [-0.15, -0.1) is 0 Å². The number of halogens is 1. The first-order valence-corrected chi connectivity index (χ1v) is 9.42. The van der Waals surface area contributed by atoms with Crippen LogP contribution in [-0.2, 0) is 0 Å². The van der Waals surface area contributed by atoms with Crippen molar-refractivity contribution in [3.05, 3.63) is 22.7 Å². The van der Waals surface area contributed by atoms with Gasteiger partial charge in [0, 0.05) is 18.7 Å². The van der Waals surface area contributed by atoms with Gasteiger partial charge in [0.1, 0.15) is 0 Å². The number of likely N-dealkylation sites (tertiary alicyclic amines) is 1. The Kier molecular flexibility index (Phi) is 7.85. The highest BCUT2D eigenvalue weighted by atomic mass is 35.5. The molecule has 1 aromatic rings. The number of rotatable bonds is 8. The van der Waals surface area contributed by atoms with E-state index < -0.39 is 0 Å². The van der Waals surface area contributed by atoms with Crippen molar-refractivity contribution in [2.45, 2.75) is 32.6 Å². The van der Waals surface area contributed by atoms with Crippen molar-refractivity contribution in [2.24, 2.45) is 5.92 Å². The van der Waals surface area contributed by atoms with Crippen LogP contribution >= 0.6 is 11.6 Å². The molecule has 0 bridgehead atoms. The number of amides is 1. The Hall–Kier alpha value is -1.46. The van der Waals surface area contributed by atoms with Crippen molar-refractivity contribution in [2.75, 3.05) is 40.4 Å². The first-order valence-electron chi connectivity index (χ1n) is 9.04. The van der Waals surface area contributed by atoms with Crippen LogP contribution in [-0.4, -0.2) is 51.2 Å². The van der Waals surface area contributed by atoms with Crippen molar-refractivity contribution in [3.8, 4) is 11.5 Å². The number of hydrogen-bond donors (Lipinski definition) is 1. The monoisotopic (exact) mass is 368 g/mol. The third kappa shape index (κ3) is 5.25. The maximum atomic E-state index is 12.9. The SMILES string of the molecule is CCCCOc1c(Cl)cc(C(=O)N2CCCC(CNC)C2)cc1OC. The Morgan fingerprint density at radius 3 is 2.92 bits per heavy atom. The zero-order valence-corrected chi connectivity index (χ0v) is 16.2. The van der Waals surface area contributed by atoms with Crippen molar-refractivity contribution in [3.63, 3.8) is 0 Å². The molecule has 5 nitrogen and oxygen atoms in total. The van der Waals surface area contributed by atoms with Crippen LogP contribution in [0.15, 0.2) is 12.1 Å². The molecule has 2 rings (SSSR count). The second-order valence-electron chi connectivity index (χ2n) is 6.51. The number of carbonyl (C=O) groups excluding carboxylic acids is 1. The summed E-state index contributed by atoms with van der Waals surface area (Å²) in [5.74, 6) is 1.52. The van der Waals surface area contributed by atoms with Gasteiger partial charge in [-0.05, 0) is 50.9 Å². The van der Waals surface area contributed by atoms with E-state index in [4.69, 9.17) is 21.1 Å². The second kappa shape index (κ2) is 9.88. The lowest BCUT2D eigenvalue weighted by molar-refractivity contribution is 0.0674. The molecule has 25 heavy (non-hydrogen) atoms. The van der Waals surface area contributed by atoms with Gasteiger partial charge in [-0.25, -0.2) is 0 Å².